The molecule has 1 amide bonds. The Morgan fingerprint density at radius 3 is 3.00 bits per heavy atom. The van der Waals surface area contributed by atoms with E-state index in [1.807, 2.05) is 30.3 Å². The number of para-hydroxylation sites is 1. The van der Waals surface area contributed by atoms with Crippen molar-refractivity contribution in [1.29, 1.82) is 0 Å². The smallest absolute Gasteiger partial charge is 0.261 e. The van der Waals surface area contributed by atoms with Gasteiger partial charge in [0.2, 0.25) is 5.13 Å². The van der Waals surface area contributed by atoms with E-state index < -0.39 is 0 Å². The molecule has 0 unspecified atom stereocenters. The van der Waals surface area contributed by atoms with Crippen LogP contribution in [0.3, 0.4) is 0 Å². The molecular formula is C16H12N4O2S. The first kappa shape index (κ1) is 13.8. The van der Waals surface area contributed by atoms with Gasteiger partial charge >= 0.3 is 0 Å². The van der Waals surface area contributed by atoms with Gasteiger partial charge in [0.1, 0.15) is 11.4 Å². The number of carbonyl (C=O) groups is 1. The fraction of sp³-hybridized carbons (Fsp3) is 0.125. The van der Waals surface area contributed by atoms with E-state index in [-0.39, 0.29) is 5.91 Å². The van der Waals surface area contributed by atoms with Crippen LogP contribution < -0.4 is 10.1 Å². The molecule has 1 aromatic carbocycles. The molecule has 0 aliphatic carbocycles. The van der Waals surface area contributed by atoms with Gasteiger partial charge < -0.3 is 4.74 Å². The Bertz CT molecular complexity index is 864. The molecule has 7 heteroatoms. The SMILES string of the molecule is O=C(Nc1nnc(-c2ccccn2)s1)c1cccc2c1OCC2. The number of pyridine rings is 1. The molecule has 23 heavy (non-hydrogen) atoms. The lowest BCUT2D eigenvalue weighted by Crippen LogP contribution is -2.12. The van der Waals surface area contributed by atoms with Crippen molar-refractivity contribution < 1.29 is 9.53 Å². The maximum Gasteiger partial charge on any atom is 0.261 e. The quantitative estimate of drug-likeness (QED) is 0.801. The van der Waals surface area contributed by atoms with Crippen molar-refractivity contribution in [2.45, 2.75) is 6.42 Å². The lowest BCUT2D eigenvalue weighted by atomic mass is 10.1. The number of carbonyl (C=O) groups excluding carboxylic acids is 1. The largest absolute Gasteiger partial charge is 0.492 e. The number of aromatic nitrogens is 3. The van der Waals surface area contributed by atoms with Crippen LogP contribution in [-0.4, -0.2) is 27.7 Å². The highest BCUT2D eigenvalue weighted by atomic mass is 32.1. The Hall–Kier alpha value is -2.80. The Morgan fingerprint density at radius 2 is 2.13 bits per heavy atom. The summed E-state index contributed by atoms with van der Waals surface area (Å²) in [5.41, 5.74) is 2.31. The van der Waals surface area contributed by atoms with Gasteiger partial charge in [-0.15, -0.1) is 10.2 Å². The summed E-state index contributed by atoms with van der Waals surface area (Å²) >= 11 is 1.28. The summed E-state index contributed by atoms with van der Waals surface area (Å²) in [6, 6.07) is 11.2. The second kappa shape index (κ2) is 5.77. The predicted molar refractivity (Wildman–Crippen MR) is 86.7 cm³/mol. The van der Waals surface area contributed by atoms with E-state index in [9.17, 15) is 4.79 Å². The number of anilines is 1. The van der Waals surface area contributed by atoms with E-state index in [1.54, 1.807) is 12.3 Å². The van der Waals surface area contributed by atoms with Crippen LogP contribution in [-0.2, 0) is 6.42 Å². The molecule has 4 rings (SSSR count). The Labute approximate surface area is 136 Å². The number of nitrogens with zero attached hydrogens (tertiary/aromatic N) is 3. The van der Waals surface area contributed by atoms with Crippen molar-refractivity contribution in [1.82, 2.24) is 15.2 Å². The fourth-order valence-electron chi connectivity index (χ4n) is 2.42. The van der Waals surface area contributed by atoms with Crippen LogP contribution in [0.4, 0.5) is 5.13 Å². The lowest BCUT2D eigenvalue weighted by Gasteiger charge is -2.06. The highest BCUT2D eigenvalue weighted by Crippen LogP contribution is 2.31. The zero-order valence-electron chi connectivity index (χ0n) is 12.0. The van der Waals surface area contributed by atoms with Crippen molar-refractivity contribution in [2.75, 3.05) is 11.9 Å². The third-order valence-electron chi connectivity index (χ3n) is 3.49. The van der Waals surface area contributed by atoms with Gasteiger partial charge in [-0.3, -0.25) is 15.1 Å². The zero-order valence-corrected chi connectivity index (χ0v) is 12.8. The van der Waals surface area contributed by atoms with E-state index >= 15 is 0 Å². The Balaban J connectivity index is 1.56. The van der Waals surface area contributed by atoms with Crippen LogP contribution in [0, 0.1) is 0 Å². The second-order valence-corrected chi connectivity index (χ2v) is 5.95. The molecule has 0 bridgehead atoms. The monoisotopic (exact) mass is 324 g/mol. The van der Waals surface area contributed by atoms with E-state index in [4.69, 9.17) is 4.74 Å². The number of hydrogen-bond donors (Lipinski definition) is 1. The van der Waals surface area contributed by atoms with Gasteiger partial charge in [-0.05, 0) is 23.8 Å². The molecule has 2 aromatic heterocycles. The van der Waals surface area contributed by atoms with Crippen molar-refractivity contribution in [2.24, 2.45) is 0 Å². The van der Waals surface area contributed by atoms with Crippen LogP contribution in [0.25, 0.3) is 10.7 Å². The third kappa shape index (κ3) is 2.66. The summed E-state index contributed by atoms with van der Waals surface area (Å²) in [5.74, 6) is 0.423. The van der Waals surface area contributed by atoms with Gasteiger partial charge in [0.15, 0.2) is 5.01 Å². The molecule has 1 N–H and O–H groups in total. The van der Waals surface area contributed by atoms with Crippen molar-refractivity contribution in [3.8, 4) is 16.5 Å². The first-order valence-corrected chi connectivity index (χ1v) is 7.94. The molecule has 3 aromatic rings. The normalized spacial score (nSPS) is 12.5. The minimum absolute atomic E-state index is 0.243. The number of benzene rings is 1. The molecule has 1 aliphatic heterocycles. The highest BCUT2D eigenvalue weighted by molar-refractivity contribution is 7.18. The van der Waals surface area contributed by atoms with Crippen LogP contribution in [0.15, 0.2) is 42.6 Å². The number of fused-ring (bicyclic) bond motifs is 1. The molecule has 0 saturated carbocycles. The molecule has 0 spiro atoms. The van der Waals surface area contributed by atoms with E-state index in [0.717, 1.165) is 17.7 Å². The van der Waals surface area contributed by atoms with Gasteiger partial charge in [-0.1, -0.05) is 29.5 Å². The van der Waals surface area contributed by atoms with Crippen LogP contribution in [0.5, 0.6) is 5.75 Å². The molecule has 0 saturated heterocycles. The number of nitrogens with one attached hydrogen (secondary N) is 1. The van der Waals surface area contributed by atoms with E-state index in [0.29, 0.717) is 28.1 Å². The molecule has 0 fully saturated rings. The van der Waals surface area contributed by atoms with Crippen molar-refractivity contribution in [3.63, 3.8) is 0 Å². The van der Waals surface area contributed by atoms with Crippen molar-refractivity contribution >= 4 is 22.4 Å². The second-order valence-electron chi connectivity index (χ2n) is 4.97. The maximum atomic E-state index is 12.5. The molecule has 3 heterocycles. The zero-order chi connectivity index (χ0) is 15.6. The van der Waals surface area contributed by atoms with Gasteiger partial charge in [0.25, 0.3) is 5.91 Å². The summed E-state index contributed by atoms with van der Waals surface area (Å²) in [6.45, 7) is 0.613. The maximum absolute atomic E-state index is 12.5. The molecular weight excluding hydrogens is 312 g/mol. The molecule has 0 atom stereocenters. The Kier molecular flexibility index (Phi) is 3.47. The first-order valence-electron chi connectivity index (χ1n) is 7.12. The lowest BCUT2D eigenvalue weighted by molar-refractivity contribution is 0.102. The van der Waals surface area contributed by atoms with Gasteiger partial charge in [-0.2, -0.15) is 0 Å². The molecule has 114 valence electrons. The summed E-state index contributed by atoms with van der Waals surface area (Å²) in [7, 11) is 0. The van der Waals surface area contributed by atoms with E-state index in [1.165, 1.54) is 11.3 Å². The van der Waals surface area contributed by atoms with Crippen molar-refractivity contribution in [3.05, 3.63) is 53.7 Å². The minimum Gasteiger partial charge on any atom is -0.492 e. The number of amides is 1. The average Bonchev–Trinajstić information content (AvgIpc) is 3.24. The van der Waals surface area contributed by atoms with Gasteiger partial charge in [-0.25, -0.2) is 0 Å². The average molecular weight is 324 g/mol. The predicted octanol–water partition coefficient (Wildman–Crippen LogP) is 2.79. The van der Waals surface area contributed by atoms with Crippen LogP contribution in [0.1, 0.15) is 15.9 Å². The summed E-state index contributed by atoms with van der Waals surface area (Å²) in [6.07, 6.45) is 2.53. The topological polar surface area (TPSA) is 77.0 Å². The number of hydrogen-bond acceptors (Lipinski definition) is 6. The first-order chi connectivity index (χ1) is 11.3. The molecule has 0 radical (unpaired) electrons. The summed E-state index contributed by atoms with van der Waals surface area (Å²) in [4.78, 5) is 16.7. The van der Waals surface area contributed by atoms with Gasteiger partial charge in [0, 0.05) is 12.6 Å². The minimum atomic E-state index is -0.243. The van der Waals surface area contributed by atoms with Gasteiger partial charge in [0.05, 0.1) is 12.2 Å². The summed E-state index contributed by atoms with van der Waals surface area (Å²) in [5, 5.41) is 11.9. The fourth-order valence-corrected chi connectivity index (χ4v) is 3.14. The summed E-state index contributed by atoms with van der Waals surface area (Å²) < 4.78 is 5.56. The number of ether oxygens (including phenoxy) is 1. The number of rotatable bonds is 3. The highest BCUT2D eigenvalue weighted by Gasteiger charge is 2.21. The molecule has 1 aliphatic rings. The third-order valence-corrected chi connectivity index (χ3v) is 4.35. The Morgan fingerprint density at radius 1 is 1.17 bits per heavy atom. The van der Waals surface area contributed by atoms with Crippen LogP contribution >= 0.6 is 11.3 Å². The van der Waals surface area contributed by atoms with E-state index in [2.05, 4.69) is 20.5 Å². The molecule has 6 nitrogen and oxygen atoms in total. The van der Waals surface area contributed by atoms with Crippen LogP contribution in [0.2, 0.25) is 0 Å². The standard InChI is InChI=1S/C16H12N4O2S/c21-14(11-5-3-4-10-7-9-22-13(10)11)18-16-20-19-15(23-16)12-6-1-2-8-17-12/h1-6,8H,7,9H2,(H,18,20,21).